The Labute approximate surface area is 117 Å². The van der Waals surface area contributed by atoms with Crippen molar-refractivity contribution in [2.24, 2.45) is 11.8 Å². The number of rotatable bonds is 6. The maximum Gasteiger partial charge on any atom is 0.0372 e. The summed E-state index contributed by atoms with van der Waals surface area (Å²) in [5, 5.41) is 3.60. The number of nitrogens with one attached hydrogen (secondary N) is 1. The Morgan fingerprint density at radius 3 is 2.74 bits per heavy atom. The number of fused-ring (bicyclic) bond motifs is 1. The van der Waals surface area contributed by atoms with Crippen LogP contribution in [0.5, 0.6) is 0 Å². The summed E-state index contributed by atoms with van der Waals surface area (Å²) in [5.41, 5.74) is 2.85. The standard InChI is InChI=1S/C17H26N2/c1-2-9-19(12-14-7-8-14)13-15-10-16-5-3-4-6-17(16)18-11-15/h3-6,14-15,18H,2,7-13H2,1H3. The van der Waals surface area contributed by atoms with Gasteiger partial charge in [-0.3, -0.25) is 0 Å². The van der Waals surface area contributed by atoms with Crippen LogP contribution >= 0.6 is 0 Å². The predicted molar refractivity (Wildman–Crippen MR) is 81.6 cm³/mol. The van der Waals surface area contributed by atoms with E-state index in [4.69, 9.17) is 0 Å². The van der Waals surface area contributed by atoms with Gasteiger partial charge in [0.05, 0.1) is 0 Å². The quantitative estimate of drug-likeness (QED) is 0.841. The molecule has 1 saturated carbocycles. The molecule has 0 radical (unpaired) electrons. The van der Waals surface area contributed by atoms with E-state index in [9.17, 15) is 0 Å². The van der Waals surface area contributed by atoms with Crippen LogP contribution in [0.15, 0.2) is 24.3 Å². The summed E-state index contributed by atoms with van der Waals surface area (Å²) in [5.74, 6) is 1.79. The molecule has 3 rings (SSSR count). The van der Waals surface area contributed by atoms with Crippen LogP contribution in [-0.2, 0) is 6.42 Å². The lowest BCUT2D eigenvalue weighted by molar-refractivity contribution is 0.224. The smallest absolute Gasteiger partial charge is 0.0372 e. The molecule has 2 aliphatic rings. The number of hydrogen-bond acceptors (Lipinski definition) is 2. The fraction of sp³-hybridized carbons (Fsp3) is 0.647. The molecule has 1 N–H and O–H groups in total. The van der Waals surface area contributed by atoms with Gasteiger partial charge in [-0.2, -0.15) is 0 Å². The zero-order chi connectivity index (χ0) is 13.1. The molecule has 1 atom stereocenters. The minimum Gasteiger partial charge on any atom is -0.384 e. The fourth-order valence-electron chi connectivity index (χ4n) is 3.24. The second kappa shape index (κ2) is 5.96. The average molecular weight is 258 g/mol. The molecule has 1 aliphatic carbocycles. The third-order valence-corrected chi connectivity index (χ3v) is 4.38. The molecule has 104 valence electrons. The van der Waals surface area contributed by atoms with Crippen LogP contribution in [0.1, 0.15) is 31.7 Å². The van der Waals surface area contributed by atoms with Gasteiger partial charge in [-0.1, -0.05) is 25.1 Å². The van der Waals surface area contributed by atoms with Crippen LogP contribution in [0.3, 0.4) is 0 Å². The van der Waals surface area contributed by atoms with E-state index in [0.717, 1.165) is 18.4 Å². The molecule has 0 bridgehead atoms. The van der Waals surface area contributed by atoms with Crippen molar-refractivity contribution in [3.63, 3.8) is 0 Å². The lowest BCUT2D eigenvalue weighted by Gasteiger charge is -2.31. The molecule has 0 spiro atoms. The lowest BCUT2D eigenvalue weighted by atomic mass is 9.93. The number of hydrogen-bond donors (Lipinski definition) is 1. The molecule has 2 nitrogen and oxygen atoms in total. The molecular weight excluding hydrogens is 232 g/mol. The highest BCUT2D eigenvalue weighted by Crippen LogP contribution is 2.31. The van der Waals surface area contributed by atoms with Gasteiger partial charge in [0.2, 0.25) is 0 Å². The SMILES string of the molecule is CCCN(CC1CC1)CC1CNc2ccccc2C1. The summed E-state index contributed by atoms with van der Waals surface area (Å²) in [6, 6.07) is 8.78. The minimum atomic E-state index is 0.778. The molecule has 0 saturated heterocycles. The zero-order valence-electron chi connectivity index (χ0n) is 12.1. The number of benzene rings is 1. The summed E-state index contributed by atoms with van der Waals surface area (Å²) in [7, 11) is 0. The van der Waals surface area contributed by atoms with Gasteiger partial charge in [-0.25, -0.2) is 0 Å². The Balaban J connectivity index is 1.57. The van der Waals surface area contributed by atoms with Crippen LogP contribution in [0, 0.1) is 11.8 Å². The van der Waals surface area contributed by atoms with Crippen molar-refractivity contribution in [3.05, 3.63) is 29.8 Å². The van der Waals surface area contributed by atoms with E-state index in [2.05, 4.69) is 41.4 Å². The molecule has 1 unspecified atom stereocenters. The van der Waals surface area contributed by atoms with E-state index in [-0.39, 0.29) is 0 Å². The maximum absolute atomic E-state index is 3.60. The Bertz CT molecular complexity index is 411. The first kappa shape index (κ1) is 13.0. The van der Waals surface area contributed by atoms with E-state index < -0.39 is 0 Å². The molecule has 0 aromatic heterocycles. The molecule has 1 heterocycles. The van der Waals surface area contributed by atoms with Crippen molar-refractivity contribution < 1.29 is 0 Å². The van der Waals surface area contributed by atoms with Crippen LogP contribution in [0.4, 0.5) is 5.69 Å². The van der Waals surface area contributed by atoms with Gasteiger partial charge < -0.3 is 10.2 Å². The average Bonchev–Trinajstić information content (AvgIpc) is 3.23. The minimum absolute atomic E-state index is 0.778. The normalized spacial score (nSPS) is 22.1. The van der Waals surface area contributed by atoms with Crippen LogP contribution < -0.4 is 5.32 Å². The largest absolute Gasteiger partial charge is 0.384 e. The van der Waals surface area contributed by atoms with E-state index in [0.29, 0.717) is 0 Å². The monoisotopic (exact) mass is 258 g/mol. The van der Waals surface area contributed by atoms with Gasteiger partial charge >= 0.3 is 0 Å². The Kier molecular flexibility index (Phi) is 4.07. The number of anilines is 1. The van der Waals surface area contributed by atoms with Crippen LogP contribution in [0.2, 0.25) is 0 Å². The first-order valence-electron chi connectivity index (χ1n) is 7.89. The molecule has 19 heavy (non-hydrogen) atoms. The second-order valence-electron chi connectivity index (χ2n) is 6.31. The Morgan fingerprint density at radius 1 is 1.16 bits per heavy atom. The third-order valence-electron chi connectivity index (χ3n) is 4.38. The summed E-state index contributed by atoms with van der Waals surface area (Å²) in [4.78, 5) is 2.71. The molecule has 2 heteroatoms. The van der Waals surface area contributed by atoms with Gasteiger partial charge in [0.25, 0.3) is 0 Å². The number of nitrogens with zero attached hydrogens (tertiary/aromatic N) is 1. The van der Waals surface area contributed by atoms with Crippen molar-refractivity contribution in [2.45, 2.75) is 32.6 Å². The lowest BCUT2D eigenvalue weighted by Crippen LogP contribution is -2.37. The topological polar surface area (TPSA) is 15.3 Å². The summed E-state index contributed by atoms with van der Waals surface area (Å²) in [6.07, 6.45) is 5.45. The van der Waals surface area contributed by atoms with Gasteiger partial charge in [0, 0.05) is 25.3 Å². The first-order valence-corrected chi connectivity index (χ1v) is 7.89. The molecule has 1 aromatic carbocycles. The summed E-state index contributed by atoms with van der Waals surface area (Å²) in [6.45, 7) is 7.32. The predicted octanol–water partition coefficient (Wildman–Crippen LogP) is 3.39. The Morgan fingerprint density at radius 2 is 1.95 bits per heavy atom. The van der Waals surface area contributed by atoms with E-state index in [1.807, 2.05) is 0 Å². The third kappa shape index (κ3) is 3.50. The summed E-state index contributed by atoms with van der Waals surface area (Å²) < 4.78 is 0. The highest BCUT2D eigenvalue weighted by molar-refractivity contribution is 5.53. The van der Waals surface area contributed by atoms with Crippen molar-refractivity contribution in [2.75, 3.05) is 31.5 Å². The van der Waals surface area contributed by atoms with Crippen molar-refractivity contribution in [1.82, 2.24) is 4.90 Å². The number of para-hydroxylation sites is 1. The molecule has 1 aliphatic heterocycles. The molecule has 1 fully saturated rings. The van der Waals surface area contributed by atoms with Crippen LogP contribution in [0.25, 0.3) is 0 Å². The summed E-state index contributed by atoms with van der Waals surface area (Å²) >= 11 is 0. The fourth-order valence-corrected chi connectivity index (χ4v) is 3.24. The Hall–Kier alpha value is -1.02. The molecule has 1 aromatic rings. The molecule has 0 amide bonds. The van der Waals surface area contributed by atoms with Crippen LogP contribution in [-0.4, -0.2) is 31.1 Å². The van der Waals surface area contributed by atoms with Gasteiger partial charge in [-0.15, -0.1) is 0 Å². The maximum atomic E-state index is 3.60. The first-order chi connectivity index (χ1) is 9.35. The zero-order valence-corrected chi connectivity index (χ0v) is 12.1. The van der Waals surface area contributed by atoms with E-state index >= 15 is 0 Å². The molecular formula is C17H26N2. The van der Waals surface area contributed by atoms with Crippen molar-refractivity contribution in [1.29, 1.82) is 0 Å². The van der Waals surface area contributed by atoms with Gasteiger partial charge in [-0.05, 0) is 55.7 Å². The van der Waals surface area contributed by atoms with Crippen molar-refractivity contribution >= 4 is 5.69 Å². The highest BCUT2D eigenvalue weighted by atomic mass is 15.1. The second-order valence-corrected chi connectivity index (χ2v) is 6.31. The van der Waals surface area contributed by atoms with Gasteiger partial charge in [0.1, 0.15) is 0 Å². The van der Waals surface area contributed by atoms with E-state index in [1.165, 1.54) is 56.6 Å². The van der Waals surface area contributed by atoms with E-state index in [1.54, 1.807) is 0 Å². The van der Waals surface area contributed by atoms with Crippen molar-refractivity contribution in [3.8, 4) is 0 Å². The highest BCUT2D eigenvalue weighted by Gasteiger charge is 2.26. The van der Waals surface area contributed by atoms with Gasteiger partial charge in [0.15, 0.2) is 0 Å².